The van der Waals surface area contributed by atoms with Crippen molar-refractivity contribution in [1.29, 1.82) is 0 Å². The molecule has 1 N–H and O–H groups in total. The number of amides is 2. The summed E-state index contributed by atoms with van der Waals surface area (Å²) >= 11 is 3.34. The maximum absolute atomic E-state index is 12.7. The van der Waals surface area contributed by atoms with E-state index in [9.17, 15) is 14.4 Å². The Balaban J connectivity index is 1.67. The lowest BCUT2D eigenvalue weighted by molar-refractivity contribution is -0.126. The number of benzene rings is 1. The molecule has 0 spiro atoms. The number of nitrogens with one attached hydrogen (secondary N) is 1. The first-order chi connectivity index (χ1) is 12.7. The van der Waals surface area contributed by atoms with Crippen molar-refractivity contribution < 1.29 is 23.9 Å². The van der Waals surface area contributed by atoms with Crippen LogP contribution in [0.4, 0.5) is 4.79 Å². The van der Waals surface area contributed by atoms with Crippen LogP contribution in [0.15, 0.2) is 22.7 Å². The van der Waals surface area contributed by atoms with E-state index in [1.54, 1.807) is 39.0 Å². The molecule has 8 heteroatoms. The molecule has 0 aliphatic carbocycles. The summed E-state index contributed by atoms with van der Waals surface area (Å²) < 4.78 is 11.8. The molecule has 2 heterocycles. The van der Waals surface area contributed by atoms with Crippen LogP contribution in [0.3, 0.4) is 0 Å². The summed E-state index contributed by atoms with van der Waals surface area (Å²) in [6.07, 6.45) is 0.737. The van der Waals surface area contributed by atoms with Gasteiger partial charge in [0, 0.05) is 11.0 Å². The van der Waals surface area contributed by atoms with Crippen LogP contribution in [0, 0.1) is 0 Å². The Bertz CT molecular complexity index is 774. The monoisotopic (exact) mass is 438 g/mol. The van der Waals surface area contributed by atoms with E-state index in [1.165, 1.54) is 4.90 Å². The van der Waals surface area contributed by atoms with Gasteiger partial charge in [0.2, 0.25) is 5.91 Å². The van der Waals surface area contributed by atoms with Crippen LogP contribution in [0.25, 0.3) is 0 Å². The highest BCUT2D eigenvalue weighted by molar-refractivity contribution is 9.10. The van der Waals surface area contributed by atoms with Crippen molar-refractivity contribution in [2.75, 3.05) is 13.2 Å². The molecule has 0 bridgehead atoms. The molecule has 1 aromatic rings. The van der Waals surface area contributed by atoms with Gasteiger partial charge in [0.25, 0.3) is 0 Å². The van der Waals surface area contributed by atoms with Crippen molar-refractivity contribution in [3.05, 3.63) is 28.2 Å². The number of likely N-dealkylation sites (tertiary alicyclic amines) is 1. The third-order valence-corrected chi connectivity index (χ3v) is 4.92. The van der Waals surface area contributed by atoms with Crippen LogP contribution in [-0.4, -0.2) is 53.5 Å². The second-order valence-corrected chi connectivity index (χ2v) is 8.62. The Morgan fingerprint density at radius 3 is 2.78 bits per heavy atom. The average molecular weight is 439 g/mol. The normalized spacial score (nSPS) is 22.1. The molecule has 2 atom stereocenters. The van der Waals surface area contributed by atoms with E-state index in [0.29, 0.717) is 30.7 Å². The molecule has 3 rings (SSSR count). The van der Waals surface area contributed by atoms with Crippen LogP contribution in [0.2, 0.25) is 0 Å². The number of hydrogen-bond donors (Lipinski definition) is 1. The van der Waals surface area contributed by atoms with Crippen LogP contribution < -0.4 is 10.1 Å². The van der Waals surface area contributed by atoms with E-state index in [2.05, 4.69) is 21.2 Å². The van der Waals surface area contributed by atoms with Crippen molar-refractivity contribution in [1.82, 2.24) is 10.2 Å². The molecule has 2 aliphatic heterocycles. The fraction of sp³-hybridized carbons (Fsp3) is 0.526. The van der Waals surface area contributed by atoms with Crippen LogP contribution in [0.1, 0.15) is 44.0 Å². The zero-order chi connectivity index (χ0) is 19.8. The number of ketones is 1. The summed E-state index contributed by atoms with van der Waals surface area (Å²) in [6.45, 7) is 5.86. The molecule has 27 heavy (non-hydrogen) atoms. The SMILES string of the molecule is CC(C)(C)OC(=O)N1CCC[C@H]1C(=O)NC1COc2cc(Br)ccc2C1=O. The van der Waals surface area contributed by atoms with Gasteiger partial charge in [0.15, 0.2) is 5.78 Å². The Labute approximate surface area is 166 Å². The Kier molecular flexibility index (Phi) is 5.46. The molecule has 2 aliphatic rings. The number of hydrogen-bond acceptors (Lipinski definition) is 5. The summed E-state index contributed by atoms with van der Waals surface area (Å²) in [7, 11) is 0. The smallest absolute Gasteiger partial charge is 0.410 e. The van der Waals surface area contributed by atoms with Crippen molar-refractivity contribution in [2.24, 2.45) is 0 Å². The number of fused-ring (bicyclic) bond motifs is 1. The van der Waals surface area contributed by atoms with Crippen molar-refractivity contribution >= 4 is 33.7 Å². The molecular formula is C19H23BrN2O5. The summed E-state index contributed by atoms with van der Waals surface area (Å²) in [5.74, 6) is -0.0593. The molecule has 0 saturated carbocycles. The predicted molar refractivity (Wildman–Crippen MR) is 102 cm³/mol. The molecule has 1 fully saturated rings. The number of Topliss-reactive ketones (excluding diaryl/α,β-unsaturated/α-hetero) is 1. The first kappa shape index (κ1) is 19.7. The van der Waals surface area contributed by atoms with Crippen LogP contribution in [-0.2, 0) is 9.53 Å². The zero-order valence-electron chi connectivity index (χ0n) is 15.6. The zero-order valence-corrected chi connectivity index (χ0v) is 17.2. The van der Waals surface area contributed by atoms with E-state index < -0.39 is 23.8 Å². The topological polar surface area (TPSA) is 84.9 Å². The number of halogens is 1. The number of nitrogens with zero attached hydrogens (tertiary/aromatic N) is 1. The lowest BCUT2D eigenvalue weighted by Crippen LogP contribution is -2.54. The van der Waals surface area contributed by atoms with Crippen LogP contribution >= 0.6 is 15.9 Å². The summed E-state index contributed by atoms with van der Waals surface area (Å²) in [5, 5.41) is 2.74. The van der Waals surface area contributed by atoms with Gasteiger partial charge in [-0.15, -0.1) is 0 Å². The Hall–Kier alpha value is -2.09. The minimum atomic E-state index is -0.771. The lowest BCUT2D eigenvalue weighted by Gasteiger charge is -2.30. The summed E-state index contributed by atoms with van der Waals surface area (Å²) in [5.41, 5.74) is -0.198. The Morgan fingerprint density at radius 2 is 2.07 bits per heavy atom. The third-order valence-electron chi connectivity index (χ3n) is 4.43. The fourth-order valence-electron chi connectivity index (χ4n) is 3.21. The van der Waals surface area contributed by atoms with E-state index in [1.807, 2.05) is 0 Å². The van der Waals surface area contributed by atoms with Crippen LogP contribution in [0.5, 0.6) is 5.75 Å². The highest BCUT2D eigenvalue weighted by atomic mass is 79.9. The average Bonchev–Trinajstić information content (AvgIpc) is 3.06. The summed E-state index contributed by atoms with van der Waals surface area (Å²) in [4.78, 5) is 39.2. The highest BCUT2D eigenvalue weighted by Crippen LogP contribution is 2.28. The Morgan fingerprint density at radius 1 is 1.33 bits per heavy atom. The summed E-state index contributed by atoms with van der Waals surface area (Å²) in [6, 6.07) is 3.74. The lowest BCUT2D eigenvalue weighted by atomic mass is 10.0. The van der Waals surface area contributed by atoms with Crippen molar-refractivity contribution in [3.8, 4) is 5.75 Å². The van der Waals surface area contributed by atoms with Gasteiger partial charge in [-0.05, 0) is 51.8 Å². The quantitative estimate of drug-likeness (QED) is 0.766. The second kappa shape index (κ2) is 7.50. The molecule has 0 aromatic heterocycles. The molecule has 0 radical (unpaired) electrons. The number of carbonyl (C=O) groups is 3. The highest BCUT2D eigenvalue weighted by Gasteiger charge is 2.39. The molecular weight excluding hydrogens is 416 g/mol. The molecule has 2 amide bonds. The molecule has 1 unspecified atom stereocenters. The van der Waals surface area contributed by atoms with Gasteiger partial charge in [-0.1, -0.05) is 15.9 Å². The second-order valence-electron chi connectivity index (χ2n) is 7.71. The van der Waals surface area contributed by atoms with E-state index in [4.69, 9.17) is 9.47 Å². The molecule has 7 nitrogen and oxygen atoms in total. The molecule has 1 aromatic carbocycles. The molecule has 146 valence electrons. The number of carbonyl (C=O) groups excluding carboxylic acids is 3. The standard InChI is InChI=1S/C19H23BrN2O5/c1-19(2,3)27-18(25)22-8-4-5-14(22)17(24)21-13-10-26-15-9-11(20)6-7-12(15)16(13)23/h6-7,9,13-14H,4-5,8,10H2,1-3H3,(H,21,24)/t13?,14-/m0/s1. The minimum absolute atomic E-state index is 0.0627. The van der Waals surface area contributed by atoms with Gasteiger partial charge in [0.1, 0.15) is 30.0 Å². The first-order valence-corrected chi connectivity index (χ1v) is 9.71. The maximum atomic E-state index is 12.7. The van der Waals surface area contributed by atoms with Gasteiger partial charge < -0.3 is 14.8 Å². The van der Waals surface area contributed by atoms with Gasteiger partial charge >= 0.3 is 6.09 Å². The van der Waals surface area contributed by atoms with Gasteiger partial charge in [-0.25, -0.2) is 4.79 Å². The molecule has 1 saturated heterocycles. The number of rotatable bonds is 2. The van der Waals surface area contributed by atoms with Gasteiger partial charge in [-0.2, -0.15) is 0 Å². The minimum Gasteiger partial charge on any atom is -0.490 e. The van der Waals surface area contributed by atoms with Gasteiger partial charge in [0.05, 0.1) is 5.56 Å². The third kappa shape index (κ3) is 4.43. The van der Waals surface area contributed by atoms with Gasteiger partial charge in [-0.3, -0.25) is 14.5 Å². The first-order valence-electron chi connectivity index (χ1n) is 8.92. The van der Waals surface area contributed by atoms with E-state index in [-0.39, 0.29) is 18.3 Å². The predicted octanol–water partition coefficient (Wildman–Crippen LogP) is 2.91. The maximum Gasteiger partial charge on any atom is 0.410 e. The van der Waals surface area contributed by atoms with Crippen molar-refractivity contribution in [3.63, 3.8) is 0 Å². The van der Waals surface area contributed by atoms with E-state index >= 15 is 0 Å². The largest absolute Gasteiger partial charge is 0.490 e. The number of ether oxygens (including phenoxy) is 2. The van der Waals surface area contributed by atoms with Crippen molar-refractivity contribution in [2.45, 2.75) is 51.3 Å². The fourth-order valence-corrected chi connectivity index (χ4v) is 3.55. The van der Waals surface area contributed by atoms with E-state index in [0.717, 1.165) is 4.47 Å².